The fourth-order valence-corrected chi connectivity index (χ4v) is 2.82. The zero-order valence-electron chi connectivity index (χ0n) is 12.1. The number of morpholine rings is 1. The Kier molecular flexibility index (Phi) is 4.75. The molecule has 0 radical (unpaired) electrons. The highest BCUT2D eigenvalue weighted by Crippen LogP contribution is 2.28. The number of carbonyl (C=O) groups excluding carboxylic acids is 1. The van der Waals surface area contributed by atoms with Gasteiger partial charge in [0.05, 0.1) is 18.8 Å². The number of nitrogens with zero attached hydrogens (tertiary/aromatic N) is 2. The molecular weight excluding hydrogens is 304 g/mol. The molecule has 1 unspecified atom stereocenters. The topological polar surface area (TPSA) is 55.6 Å². The van der Waals surface area contributed by atoms with Crippen LogP contribution in [0.25, 0.3) is 0 Å². The molecule has 0 saturated carbocycles. The van der Waals surface area contributed by atoms with Crippen LogP contribution < -0.4 is 0 Å². The van der Waals surface area contributed by atoms with E-state index in [-0.39, 0.29) is 12.0 Å². The van der Waals surface area contributed by atoms with E-state index in [2.05, 4.69) is 5.16 Å². The van der Waals surface area contributed by atoms with E-state index in [1.807, 2.05) is 29.2 Å². The van der Waals surface area contributed by atoms with Crippen molar-refractivity contribution in [1.29, 1.82) is 0 Å². The third-order valence-electron chi connectivity index (χ3n) is 3.76. The number of ether oxygens (including phenoxy) is 1. The summed E-state index contributed by atoms with van der Waals surface area (Å²) in [4.78, 5) is 14.2. The van der Waals surface area contributed by atoms with Crippen LogP contribution in [-0.2, 0) is 16.0 Å². The molecule has 1 amide bonds. The molecule has 1 fully saturated rings. The second-order valence-corrected chi connectivity index (χ2v) is 5.62. The molecule has 0 bridgehead atoms. The summed E-state index contributed by atoms with van der Waals surface area (Å²) in [5, 5.41) is 4.49. The van der Waals surface area contributed by atoms with Crippen molar-refractivity contribution in [3.8, 4) is 0 Å². The fraction of sp³-hybridized carbons (Fsp3) is 0.375. The van der Waals surface area contributed by atoms with E-state index in [1.54, 1.807) is 6.07 Å². The number of aryl methyl sites for hydroxylation is 1. The highest BCUT2D eigenvalue weighted by atomic mass is 35.5. The van der Waals surface area contributed by atoms with E-state index < -0.39 is 0 Å². The smallest absolute Gasteiger partial charge is 0.223 e. The Bertz CT molecular complexity index is 630. The predicted molar refractivity (Wildman–Crippen MR) is 81.5 cm³/mol. The van der Waals surface area contributed by atoms with E-state index in [0.29, 0.717) is 37.6 Å². The van der Waals surface area contributed by atoms with Gasteiger partial charge in [0.1, 0.15) is 12.4 Å². The summed E-state index contributed by atoms with van der Waals surface area (Å²) < 4.78 is 10.5. The summed E-state index contributed by atoms with van der Waals surface area (Å²) in [6.45, 7) is 1.66. The maximum absolute atomic E-state index is 12.3. The van der Waals surface area contributed by atoms with Crippen molar-refractivity contribution in [3.63, 3.8) is 0 Å². The van der Waals surface area contributed by atoms with Crippen molar-refractivity contribution in [2.75, 3.05) is 19.7 Å². The lowest BCUT2D eigenvalue weighted by atomic mass is 10.1. The minimum Gasteiger partial charge on any atom is -0.370 e. The van der Waals surface area contributed by atoms with Crippen LogP contribution in [0.3, 0.4) is 0 Å². The first kappa shape index (κ1) is 15.1. The fourth-order valence-electron chi connectivity index (χ4n) is 2.56. The van der Waals surface area contributed by atoms with Gasteiger partial charge in [-0.2, -0.15) is 0 Å². The van der Waals surface area contributed by atoms with Crippen LogP contribution >= 0.6 is 11.6 Å². The van der Waals surface area contributed by atoms with Crippen LogP contribution in [-0.4, -0.2) is 35.7 Å². The summed E-state index contributed by atoms with van der Waals surface area (Å²) >= 11 is 6.21. The molecule has 0 N–H and O–H groups in total. The Morgan fingerprint density at radius 3 is 3.00 bits per heavy atom. The van der Waals surface area contributed by atoms with E-state index in [1.165, 1.54) is 6.26 Å². The van der Waals surface area contributed by atoms with Crippen molar-refractivity contribution in [3.05, 3.63) is 52.9 Å². The lowest BCUT2D eigenvalue weighted by Crippen LogP contribution is -2.42. The highest BCUT2D eigenvalue weighted by molar-refractivity contribution is 6.31. The zero-order valence-corrected chi connectivity index (χ0v) is 12.8. The average Bonchev–Trinajstić information content (AvgIpc) is 3.06. The number of carbonyl (C=O) groups is 1. The average molecular weight is 321 g/mol. The minimum absolute atomic E-state index is 0.100. The van der Waals surface area contributed by atoms with Gasteiger partial charge in [0, 0.05) is 36.0 Å². The van der Waals surface area contributed by atoms with Gasteiger partial charge in [-0.1, -0.05) is 35.0 Å². The standard InChI is InChI=1S/C16H17ClN2O3/c17-14-4-2-1-3-13(14)15-11-19(8-10-21-15)16(20)6-5-12-7-9-22-18-12/h1-4,7,9,15H,5-6,8,10-11H2. The SMILES string of the molecule is O=C(CCc1ccon1)N1CCOC(c2ccccc2Cl)C1. The first-order valence-electron chi connectivity index (χ1n) is 7.27. The van der Waals surface area contributed by atoms with Crippen molar-refractivity contribution < 1.29 is 14.1 Å². The maximum Gasteiger partial charge on any atom is 0.223 e. The molecule has 116 valence electrons. The Morgan fingerprint density at radius 2 is 2.23 bits per heavy atom. The van der Waals surface area contributed by atoms with Gasteiger partial charge in [0.2, 0.25) is 5.91 Å². The molecule has 1 aliphatic rings. The second-order valence-electron chi connectivity index (χ2n) is 5.21. The van der Waals surface area contributed by atoms with Crippen LogP contribution in [0.2, 0.25) is 5.02 Å². The molecule has 22 heavy (non-hydrogen) atoms. The van der Waals surface area contributed by atoms with Gasteiger partial charge >= 0.3 is 0 Å². The normalized spacial score (nSPS) is 18.4. The molecule has 1 aliphatic heterocycles. The first-order valence-corrected chi connectivity index (χ1v) is 7.65. The molecule has 1 aromatic heterocycles. The number of rotatable bonds is 4. The molecule has 0 aliphatic carbocycles. The summed E-state index contributed by atoms with van der Waals surface area (Å²) in [6, 6.07) is 9.37. The zero-order chi connectivity index (χ0) is 15.4. The molecule has 6 heteroatoms. The van der Waals surface area contributed by atoms with Gasteiger partial charge < -0.3 is 14.2 Å². The van der Waals surface area contributed by atoms with Crippen LogP contribution in [0, 0.1) is 0 Å². The van der Waals surface area contributed by atoms with Gasteiger partial charge in [0.25, 0.3) is 0 Å². The molecule has 3 rings (SSSR count). The number of halogens is 1. The molecule has 5 nitrogen and oxygen atoms in total. The first-order chi connectivity index (χ1) is 10.7. The lowest BCUT2D eigenvalue weighted by Gasteiger charge is -2.33. The quantitative estimate of drug-likeness (QED) is 0.869. The minimum atomic E-state index is -0.168. The maximum atomic E-state index is 12.3. The number of amides is 1. The summed E-state index contributed by atoms with van der Waals surface area (Å²) in [5.41, 5.74) is 1.72. The van der Waals surface area contributed by atoms with Crippen LogP contribution in [0.5, 0.6) is 0 Å². The van der Waals surface area contributed by atoms with E-state index in [9.17, 15) is 4.79 Å². The molecular formula is C16H17ClN2O3. The lowest BCUT2D eigenvalue weighted by molar-refractivity contribution is -0.139. The van der Waals surface area contributed by atoms with E-state index >= 15 is 0 Å². The van der Waals surface area contributed by atoms with Gasteiger partial charge in [-0.3, -0.25) is 4.79 Å². The number of hydrogen-bond donors (Lipinski definition) is 0. The molecule has 1 atom stereocenters. The Hall–Kier alpha value is -1.85. The van der Waals surface area contributed by atoms with Crippen LogP contribution in [0.1, 0.15) is 23.8 Å². The van der Waals surface area contributed by atoms with Crippen molar-refractivity contribution in [1.82, 2.24) is 10.1 Å². The third kappa shape index (κ3) is 3.48. The Labute approximate surface area is 133 Å². The highest BCUT2D eigenvalue weighted by Gasteiger charge is 2.26. The van der Waals surface area contributed by atoms with E-state index in [0.717, 1.165) is 11.3 Å². The number of hydrogen-bond acceptors (Lipinski definition) is 4. The van der Waals surface area contributed by atoms with Gasteiger partial charge in [0.15, 0.2) is 0 Å². The Balaban J connectivity index is 1.60. The number of benzene rings is 1. The van der Waals surface area contributed by atoms with Crippen molar-refractivity contribution >= 4 is 17.5 Å². The summed E-state index contributed by atoms with van der Waals surface area (Å²) in [6.07, 6.45) is 2.35. The van der Waals surface area contributed by atoms with Crippen molar-refractivity contribution in [2.45, 2.75) is 18.9 Å². The number of aromatic nitrogens is 1. The monoisotopic (exact) mass is 320 g/mol. The van der Waals surface area contributed by atoms with Gasteiger partial charge in [-0.15, -0.1) is 0 Å². The van der Waals surface area contributed by atoms with Gasteiger partial charge in [-0.05, 0) is 6.07 Å². The van der Waals surface area contributed by atoms with E-state index in [4.69, 9.17) is 20.9 Å². The predicted octanol–water partition coefficient (Wildman–Crippen LogP) is 2.86. The molecule has 2 aromatic rings. The second kappa shape index (κ2) is 6.94. The van der Waals surface area contributed by atoms with Crippen LogP contribution in [0.15, 0.2) is 41.1 Å². The summed E-state index contributed by atoms with van der Waals surface area (Å²) in [7, 11) is 0. The molecule has 1 aromatic carbocycles. The van der Waals surface area contributed by atoms with Crippen molar-refractivity contribution in [2.24, 2.45) is 0 Å². The van der Waals surface area contributed by atoms with Crippen LogP contribution in [0.4, 0.5) is 0 Å². The molecule has 1 saturated heterocycles. The Morgan fingerprint density at radius 1 is 1.36 bits per heavy atom. The molecule has 2 heterocycles. The molecule has 0 spiro atoms. The van der Waals surface area contributed by atoms with Gasteiger partial charge in [-0.25, -0.2) is 0 Å². The largest absolute Gasteiger partial charge is 0.370 e. The summed E-state index contributed by atoms with van der Waals surface area (Å²) in [5.74, 6) is 0.100. The third-order valence-corrected chi connectivity index (χ3v) is 4.10.